The van der Waals surface area contributed by atoms with E-state index in [1.807, 2.05) is 227 Å². The first-order valence-electron chi connectivity index (χ1n) is 43.8. The molecular weight excluding hydrogens is 1620 g/mol. The molecule has 5 amide bonds. The van der Waals surface area contributed by atoms with Gasteiger partial charge in [-0.15, -0.1) is 0 Å². The number of ether oxygens (including phenoxy) is 1. The molecule has 0 aromatic heterocycles. The van der Waals surface area contributed by atoms with Crippen molar-refractivity contribution >= 4 is 152 Å². The number of nitrogens with zero attached hydrogens (tertiary/aromatic N) is 6. The molecule has 0 bridgehead atoms. The standard InChI is InChI=1S/C35H24N2O.C25H19NO.C25H17NO.C16H18N2O2.C14H14N2O3/c38-35-32-18-10-17-31-30(25-11-4-1-5-12-25)23-24-33(34(31)32)37(35)29-21-19-28(20-22-29)36(26-13-6-2-7-14-26)27-15-8-3-9-16-27;1-16-13-17(2)15-19(14-16)26-23-12-11-20(18-7-4-3-5-8-18)21-9-6-10-22(24(21)23)25(26)27;1-2-17-8-6-11-19(16-17)26-23-15-14-20(18-9-4-3-5-10-18)21-12-7-13-22(24(21)23)25(26)27;1-10(2)8-9-18-12-5-3-4-11-6-7-13(20-17)15(14(11)12)16(18)19;1-18-8-7-16-10-4-2-3-9-5-6-11(19-15)13(12(9)10)14(16)17/h1-24H;3-15H,1-2H3;2-16H,1H2;3-7,10H,8-9,17H2,1-2H3;2-6H,7-8,15H2,1H3. The van der Waals surface area contributed by atoms with Crippen LogP contribution < -0.4 is 50.9 Å². The SMILES string of the molecule is C=Cc1cccc(N2C(=O)c3cccc4c(-c5ccccc5)ccc2c34)c1.CC(C)CCN1C(=O)c2c(ON)ccc3cccc1c23.COCCN1C(=O)c2c(ON)ccc3cccc1c23.Cc1cc(C)cc(N2C(=O)c3cccc4c(-c5ccccc5)ccc2c34)c1.O=C1c2cccc3c(-c4ccccc4)ccc(c23)N1c1ccc(N(c2ccccc2)c2ccccc2)cc1. The van der Waals surface area contributed by atoms with E-state index in [0.29, 0.717) is 48.2 Å². The van der Waals surface area contributed by atoms with Gasteiger partial charge >= 0.3 is 0 Å². The quantitative estimate of drug-likeness (QED) is 0.0779. The lowest BCUT2D eigenvalue weighted by Gasteiger charge is -2.26. The summed E-state index contributed by atoms with van der Waals surface area (Å²) in [6, 6.07) is 124. The van der Waals surface area contributed by atoms with E-state index in [2.05, 4.69) is 185 Å². The number of aryl methyl sites for hydroxylation is 2. The maximum absolute atomic E-state index is 13.7. The highest BCUT2D eigenvalue weighted by Gasteiger charge is 2.38. The van der Waals surface area contributed by atoms with E-state index in [9.17, 15) is 24.0 Å². The van der Waals surface area contributed by atoms with Crippen molar-refractivity contribution in [3.63, 3.8) is 0 Å². The highest BCUT2D eigenvalue weighted by molar-refractivity contribution is 6.33. The van der Waals surface area contributed by atoms with Crippen molar-refractivity contribution in [1.82, 2.24) is 0 Å². The summed E-state index contributed by atoms with van der Waals surface area (Å²) in [5.41, 5.74) is 24.1. The number of hydrogen-bond acceptors (Lipinski definition) is 11. The fraction of sp³-hybridized carbons (Fsp3) is 0.0870. The van der Waals surface area contributed by atoms with E-state index in [0.717, 1.165) is 184 Å². The molecule has 0 radical (unpaired) electrons. The fourth-order valence-electron chi connectivity index (χ4n) is 18.8. The lowest BCUT2D eigenvalue weighted by molar-refractivity contribution is 0.0973. The molecule has 18 aromatic carbocycles. The fourth-order valence-corrected chi connectivity index (χ4v) is 18.8. The Morgan fingerprint density at radius 1 is 0.336 bits per heavy atom. The van der Waals surface area contributed by atoms with Gasteiger partial charge in [-0.1, -0.05) is 263 Å². The van der Waals surface area contributed by atoms with Crippen molar-refractivity contribution < 1.29 is 38.4 Å². The average molecular weight is 1710 g/mol. The Bertz CT molecular complexity index is 7460. The van der Waals surface area contributed by atoms with Crippen LogP contribution in [0.3, 0.4) is 0 Å². The van der Waals surface area contributed by atoms with Gasteiger partial charge in [-0.3, -0.25) is 38.7 Å². The third-order valence-corrected chi connectivity index (χ3v) is 24.7. The maximum Gasteiger partial charge on any atom is 0.263 e. The molecule has 0 saturated heterocycles. The highest BCUT2D eigenvalue weighted by atomic mass is 16.6. The molecule has 0 unspecified atom stereocenters. The minimum absolute atomic E-state index is 0.00605. The molecule has 640 valence electrons. The summed E-state index contributed by atoms with van der Waals surface area (Å²) in [6.45, 7) is 14.0. The second-order valence-corrected chi connectivity index (χ2v) is 33.2. The van der Waals surface area contributed by atoms with Crippen LogP contribution in [0.15, 0.2) is 377 Å². The topological polar surface area (TPSA) is 185 Å². The highest BCUT2D eigenvalue weighted by Crippen LogP contribution is 2.51. The Labute approximate surface area is 759 Å². The van der Waals surface area contributed by atoms with Crippen molar-refractivity contribution in [3.05, 3.63) is 421 Å². The van der Waals surface area contributed by atoms with Crippen LogP contribution in [0.1, 0.15) is 88.7 Å². The van der Waals surface area contributed by atoms with Crippen molar-refractivity contribution in [2.75, 3.05) is 56.2 Å². The van der Waals surface area contributed by atoms with Crippen molar-refractivity contribution in [2.45, 2.75) is 34.1 Å². The van der Waals surface area contributed by atoms with Gasteiger partial charge in [0.2, 0.25) is 0 Å². The maximum atomic E-state index is 13.7. The summed E-state index contributed by atoms with van der Waals surface area (Å²) in [5.74, 6) is 11.9. The van der Waals surface area contributed by atoms with Gasteiger partial charge in [0.1, 0.15) is 0 Å². The van der Waals surface area contributed by atoms with Crippen LogP contribution in [0, 0.1) is 19.8 Å². The zero-order chi connectivity index (χ0) is 90.1. The largest absolute Gasteiger partial charge is 0.411 e. The lowest BCUT2D eigenvalue weighted by Crippen LogP contribution is -2.30. The summed E-state index contributed by atoms with van der Waals surface area (Å²) < 4.78 is 5.05. The number of carbonyl (C=O) groups is 5. The molecule has 18 aromatic rings. The summed E-state index contributed by atoms with van der Waals surface area (Å²) >= 11 is 0. The molecule has 131 heavy (non-hydrogen) atoms. The van der Waals surface area contributed by atoms with Gasteiger partial charge in [0.15, 0.2) is 11.5 Å². The van der Waals surface area contributed by atoms with Gasteiger partial charge in [-0.25, -0.2) is 0 Å². The van der Waals surface area contributed by atoms with Crippen LogP contribution in [0.4, 0.5) is 62.6 Å². The average Bonchev–Trinajstić information content (AvgIpc) is 1.60. The van der Waals surface area contributed by atoms with Crippen LogP contribution in [0.5, 0.6) is 11.5 Å². The van der Waals surface area contributed by atoms with E-state index in [4.69, 9.17) is 26.2 Å². The number of rotatable bonds is 18. The Balaban J connectivity index is 0.000000108. The van der Waals surface area contributed by atoms with Gasteiger partial charge in [0.25, 0.3) is 29.5 Å². The summed E-state index contributed by atoms with van der Waals surface area (Å²) in [4.78, 5) is 86.3. The summed E-state index contributed by atoms with van der Waals surface area (Å²) in [5, 5.41) is 10.3. The van der Waals surface area contributed by atoms with Crippen LogP contribution in [0.2, 0.25) is 0 Å². The number of para-hydroxylation sites is 2. The number of hydrogen-bond donors (Lipinski definition) is 2. The minimum atomic E-state index is -0.0932. The predicted molar refractivity (Wildman–Crippen MR) is 533 cm³/mol. The molecular formula is C115H92N8O8. The van der Waals surface area contributed by atoms with Crippen LogP contribution in [0.25, 0.3) is 93.3 Å². The molecule has 23 rings (SSSR count). The van der Waals surface area contributed by atoms with Crippen LogP contribution in [-0.4, -0.2) is 56.3 Å². The number of methoxy groups -OCH3 is 1. The van der Waals surface area contributed by atoms with Crippen molar-refractivity contribution in [2.24, 2.45) is 17.7 Å². The van der Waals surface area contributed by atoms with E-state index in [-0.39, 0.29) is 29.5 Å². The number of benzene rings is 18. The number of amides is 5. The van der Waals surface area contributed by atoms with Crippen LogP contribution >= 0.6 is 0 Å². The van der Waals surface area contributed by atoms with Gasteiger partial charge in [-0.05, 0) is 237 Å². The number of anilines is 11. The van der Waals surface area contributed by atoms with Gasteiger partial charge in [-0.2, -0.15) is 11.8 Å². The molecule has 0 spiro atoms. The number of carbonyl (C=O) groups excluding carboxylic acids is 5. The van der Waals surface area contributed by atoms with E-state index >= 15 is 0 Å². The third kappa shape index (κ3) is 15.6. The number of nitrogens with two attached hydrogens (primary N) is 2. The Morgan fingerprint density at radius 3 is 1.12 bits per heavy atom. The smallest absolute Gasteiger partial charge is 0.263 e. The van der Waals surface area contributed by atoms with E-state index < -0.39 is 0 Å². The van der Waals surface area contributed by atoms with Gasteiger partial charge in [0.05, 0.1) is 62.9 Å². The van der Waals surface area contributed by atoms with E-state index in [1.54, 1.807) is 35.1 Å². The Kier molecular flexibility index (Phi) is 23.2. The molecule has 4 N–H and O–H groups in total. The molecule has 16 nitrogen and oxygen atoms in total. The first kappa shape index (κ1) is 84.1. The normalized spacial score (nSPS) is 12.8. The second kappa shape index (κ2) is 36.2. The second-order valence-electron chi connectivity index (χ2n) is 33.2. The van der Waals surface area contributed by atoms with Crippen molar-refractivity contribution in [1.29, 1.82) is 0 Å². The third-order valence-electron chi connectivity index (χ3n) is 24.7. The van der Waals surface area contributed by atoms with Gasteiger partial charge in [0, 0.05) is 81.3 Å². The minimum Gasteiger partial charge on any atom is -0.411 e. The molecule has 0 saturated carbocycles. The predicted octanol–water partition coefficient (Wildman–Crippen LogP) is 26.9. The summed E-state index contributed by atoms with van der Waals surface area (Å²) in [7, 11) is 1.61. The zero-order valence-corrected chi connectivity index (χ0v) is 73.0. The first-order valence-corrected chi connectivity index (χ1v) is 43.8. The Morgan fingerprint density at radius 2 is 0.718 bits per heavy atom. The monoisotopic (exact) mass is 1710 g/mol. The summed E-state index contributed by atoms with van der Waals surface area (Å²) in [6.07, 6.45) is 2.76. The molecule has 5 heterocycles. The van der Waals surface area contributed by atoms with Crippen molar-refractivity contribution in [3.8, 4) is 44.9 Å². The Hall–Kier alpha value is -16.4. The zero-order valence-electron chi connectivity index (χ0n) is 73.0. The molecule has 5 aliphatic rings. The van der Waals surface area contributed by atoms with Crippen LogP contribution in [-0.2, 0) is 4.74 Å². The molecule has 0 atom stereocenters. The molecule has 0 aliphatic carbocycles. The molecule has 16 heteroatoms. The first-order chi connectivity index (χ1) is 64.1. The van der Waals surface area contributed by atoms with Gasteiger partial charge < -0.3 is 29.1 Å². The van der Waals surface area contributed by atoms with E-state index in [1.165, 1.54) is 5.56 Å². The molecule has 5 aliphatic heterocycles. The lowest BCUT2D eigenvalue weighted by atomic mass is 9.96. The molecule has 0 fully saturated rings.